The largest absolute Gasteiger partial charge is 0.497 e. The number of nitrogens with zero attached hydrogens (tertiary/aromatic N) is 1. The summed E-state index contributed by atoms with van der Waals surface area (Å²) in [7, 11) is 4.86. The highest BCUT2D eigenvalue weighted by atomic mass is 16.5. The second-order valence-electron chi connectivity index (χ2n) is 3.47. The van der Waals surface area contributed by atoms with Crippen molar-refractivity contribution in [1.82, 2.24) is 0 Å². The Morgan fingerprint density at radius 1 is 1.18 bits per heavy atom. The Morgan fingerprint density at radius 3 is 2.12 bits per heavy atom. The van der Waals surface area contributed by atoms with E-state index in [2.05, 4.69) is 0 Å². The molecule has 0 saturated carbocycles. The summed E-state index contributed by atoms with van der Waals surface area (Å²) in [4.78, 5) is 13.2. The standard InChI is InChI=1S/C13H17NO3/c1-5-6-13(15)14(2)10-7-11(16-3)9-12(8-10)17-4/h5-9H,1-4H3/b6-5+. The Kier molecular flexibility index (Phi) is 4.57. The van der Waals surface area contributed by atoms with Crippen molar-refractivity contribution in [3.8, 4) is 11.5 Å². The second-order valence-corrected chi connectivity index (χ2v) is 3.47. The molecule has 0 radical (unpaired) electrons. The van der Waals surface area contributed by atoms with Gasteiger partial charge in [0.25, 0.3) is 0 Å². The molecule has 0 aliphatic heterocycles. The lowest BCUT2D eigenvalue weighted by atomic mass is 10.2. The lowest BCUT2D eigenvalue weighted by Crippen LogP contribution is -2.23. The molecule has 0 fully saturated rings. The lowest BCUT2D eigenvalue weighted by Gasteiger charge is -2.17. The van der Waals surface area contributed by atoms with Crippen LogP contribution in [0.2, 0.25) is 0 Å². The topological polar surface area (TPSA) is 38.8 Å². The highest BCUT2D eigenvalue weighted by Gasteiger charge is 2.10. The Balaban J connectivity index is 3.07. The molecule has 1 aromatic rings. The molecule has 0 N–H and O–H groups in total. The molecule has 0 bridgehead atoms. The molecule has 0 unspecified atom stereocenters. The zero-order chi connectivity index (χ0) is 12.8. The summed E-state index contributed by atoms with van der Waals surface area (Å²) < 4.78 is 10.3. The van der Waals surface area contributed by atoms with Crippen LogP contribution in [0.4, 0.5) is 5.69 Å². The van der Waals surface area contributed by atoms with E-state index in [0.717, 1.165) is 5.69 Å². The molecule has 4 heteroatoms. The maximum atomic E-state index is 11.7. The summed E-state index contributed by atoms with van der Waals surface area (Å²) in [5.74, 6) is 1.21. The van der Waals surface area contributed by atoms with Gasteiger partial charge in [0.05, 0.1) is 19.9 Å². The number of benzene rings is 1. The smallest absolute Gasteiger partial charge is 0.250 e. The summed E-state index contributed by atoms with van der Waals surface area (Å²) in [5, 5.41) is 0. The zero-order valence-corrected chi connectivity index (χ0v) is 10.6. The number of likely N-dealkylation sites (N-methyl/N-ethyl adjacent to an activating group) is 1. The van der Waals surface area contributed by atoms with Crippen LogP contribution in [0.3, 0.4) is 0 Å². The molecule has 0 atom stereocenters. The Hall–Kier alpha value is -1.97. The lowest BCUT2D eigenvalue weighted by molar-refractivity contribution is -0.113. The van der Waals surface area contributed by atoms with Crippen molar-refractivity contribution < 1.29 is 14.3 Å². The SMILES string of the molecule is C/C=C/C(=O)N(C)c1cc(OC)cc(OC)c1. The summed E-state index contributed by atoms with van der Waals surface area (Å²) in [6.07, 6.45) is 3.21. The second kappa shape index (κ2) is 5.94. The number of carbonyl (C=O) groups excluding carboxylic acids is 1. The van der Waals surface area contributed by atoms with Crippen LogP contribution in [0.25, 0.3) is 0 Å². The first kappa shape index (κ1) is 13.1. The number of amides is 1. The van der Waals surface area contributed by atoms with E-state index in [1.54, 1.807) is 52.5 Å². The average molecular weight is 235 g/mol. The van der Waals surface area contributed by atoms with Crippen LogP contribution < -0.4 is 14.4 Å². The quantitative estimate of drug-likeness (QED) is 0.751. The van der Waals surface area contributed by atoms with Gasteiger partial charge in [0.15, 0.2) is 0 Å². The molecule has 4 nitrogen and oxygen atoms in total. The number of hydrogen-bond acceptors (Lipinski definition) is 3. The number of anilines is 1. The van der Waals surface area contributed by atoms with Gasteiger partial charge in [-0.2, -0.15) is 0 Å². The first-order chi connectivity index (χ1) is 8.12. The first-order valence-corrected chi connectivity index (χ1v) is 5.25. The molecule has 1 aromatic carbocycles. The van der Waals surface area contributed by atoms with Crippen LogP contribution >= 0.6 is 0 Å². The Labute approximate surface area is 101 Å². The molecule has 92 valence electrons. The predicted octanol–water partition coefficient (Wildman–Crippen LogP) is 2.24. The van der Waals surface area contributed by atoms with Crippen molar-refractivity contribution >= 4 is 11.6 Å². The van der Waals surface area contributed by atoms with E-state index < -0.39 is 0 Å². The van der Waals surface area contributed by atoms with E-state index in [4.69, 9.17) is 9.47 Å². The van der Waals surface area contributed by atoms with Gasteiger partial charge in [0, 0.05) is 25.2 Å². The van der Waals surface area contributed by atoms with Crippen molar-refractivity contribution in [2.75, 3.05) is 26.2 Å². The van der Waals surface area contributed by atoms with Crippen molar-refractivity contribution in [3.05, 3.63) is 30.4 Å². The first-order valence-electron chi connectivity index (χ1n) is 5.25. The molecule has 0 aliphatic rings. The fourth-order valence-corrected chi connectivity index (χ4v) is 1.37. The molecule has 0 spiro atoms. The molecule has 1 rings (SSSR count). The summed E-state index contributed by atoms with van der Waals surface area (Å²) >= 11 is 0. The van der Waals surface area contributed by atoms with Gasteiger partial charge in [-0.25, -0.2) is 0 Å². The molecule has 0 aliphatic carbocycles. The van der Waals surface area contributed by atoms with Crippen LogP contribution in [0.5, 0.6) is 11.5 Å². The van der Waals surface area contributed by atoms with Crippen LogP contribution in [0, 0.1) is 0 Å². The number of hydrogen-bond donors (Lipinski definition) is 0. The monoisotopic (exact) mass is 235 g/mol. The van der Waals surface area contributed by atoms with Gasteiger partial charge in [0.1, 0.15) is 11.5 Å². The third kappa shape index (κ3) is 3.24. The van der Waals surface area contributed by atoms with Gasteiger partial charge < -0.3 is 14.4 Å². The Morgan fingerprint density at radius 2 is 1.71 bits per heavy atom. The highest BCUT2D eigenvalue weighted by Crippen LogP contribution is 2.27. The van der Waals surface area contributed by atoms with Gasteiger partial charge in [-0.05, 0) is 13.0 Å². The van der Waals surface area contributed by atoms with E-state index in [0.29, 0.717) is 11.5 Å². The normalized spacial score (nSPS) is 10.4. The maximum Gasteiger partial charge on any atom is 0.250 e. The van der Waals surface area contributed by atoms with Gasteiger partial charge in [-0.3, -0.25) is 4.79 Å². The van der Waals surface area contributed by atoms with Crippen LogP contribution in [0.1, 0.15) is 6.92 Å². The van der Waals surface area contributed by atoms with Crippen LogP contribution in [0.15, 0.2) is 30.4 Å². The minimum absolute atomic E-state index is 0.0946. The van der Waals surface area contributed by atoms with Crippen molar-refractivity contribution in [2.45, 2.75) is 6.92 Å². The highest BCUT2D eigenvalue weighted by molar-refractivity contribution is 6.01. The summed E-state index contributed by atoms with van der Waals surface area (Å²) in [6, 6.07) is 5.32. The number of methoxy groups -OCH3 is 2. The maximum absolute atomic E-state index is 11.7. The predicted molar refractivity (Wildman–Crippen MR) is 67.8 cm³/mol. The van der Waals surface area contributed by atoms with E-state index >= 15 is 0 Å². The number of ether oxygens (including phenoxy) is 2. The summed E-state index contributed by atoms with van der Waals surface area (Å²) in [5.41, 5.74) is 0.726. The third-order valence-electron chi connectivity index (χ3n) is 2.36. The van der Waals surface area contributed by atoms with E-state index in [-0.39, 0.29) is 5.91 Å². The van der Waals surface area contributed by atoms with Crippen LogP contribution in [-0.4, -0.2) is 27.2 Å². The average Bonchev–Trinajstić information content (AvgIpc) is 2.37. The van der Waals surface area contributed by atoms with Gasteiger partial charge in [-0.15, -0.1) is 0 Å². The van der Waals surface area contributed by atoms with E-state index in [1.165, 1.54) is 11.0 Å². The van der Waals surface area contributed by atoms with Gasteiger partial charge >= 0.3 is 0 Å². The fourth-order valence-electron chi connectivity index (χ4n) is 1.37. The third-order valence-corrected chi connectivity index (χ3v) is 2.36. The van der Waals surface area contributed by atoms with Crippen molar-refractivity contribution in [1.29, 1.82) is 0 Å². The number of carbonyl (C=O) groups is 1. The molecule has 0 heterocycles. The van der Waals surface area contributed by atoms with Gasteiger partial charge in [-0.1, -0.05) is 6.08 Å². The Bertz CT molecular complexity index is 404. The van der Waals surface area contributed by atoms with E-state index in [1.807, 2.05) is 0 Å². The molecule has 0 saturated heterocycles. The molecular formula is C13H17NO3. The molecule has 0 aromatic heterocycles. The van der Waals surface area contributed by atoms with Crippen LogP contribution in [-0.2, 0) is 4.79 Å². The molecule has 17 heavy (non-hydrogen) atoms. The molecule has 1 amide bonds. The number of allylic oxidation sites excluding steroid dienone is 1. The van der Waals surface area contributed by atoms with Crippen molar-refractivity contribution in [3.63, 3.8) is 0 Å². The van der Waals surface area contributed by atoms with Gasteiger partial charge in [0.2, 0.25) is 5.91 Å². The van der Waals surface area contributed by atoms with Crippen molar-refractivity contribution in [2.24, 2.45) is 0 Å². The minimum atomic E-state index is -0.0946. The summed E-state index contributed by atoms with van der Waals surface area (Å²) in [6.45, 7) is 1.80. The fraction of sp³-hybridized carbons (Fsp3) is 0.308. The zero-order valence-electron chi connectivity index (χ0n) is 10.6. The minimum Gasteiger partial charge on any atom is -0.497 e. The number of rotatable bonds is 4. The van der Waals surface area contributed by atoms with E-state index in [9.17, 15) is 4.79 Å². The molecular weight excluding hydrogens is 218 g/mol.